The number of fused-ring (bicyclic) bond motifs is 1. The lowest BCUT2D eigenvalue weighted by Crippen LogP contribution is -2.42. The molecular weight excluding hydrogens is 340 g/mol. The number of nitrogens with one attached hydrogen (secondary N) is 1. The average Bonchev–Trinajstić information content (AvgIpc) is 2.74. The van der Waals surface area contributed by atoms with Gasteiger partial charge in [0.2, 0.25) is 0 Å². The molecule has 1 N–H and O–H groups in total. The molecule has 1 aromatic rings. The minimum Gasteiger partial charge on any atom is -0.486 e. The standard InChI is InChI=1S/C22H32N2O3/c25-22(18-6-7-20-21(16-18)27-15-14-26-20)17-8-11-24(12-9-17)13-10-23-19-4-2-1-3-5-19/h6-7,16-17,19,23H,1-5,8-15H2. The highest BCUT2D eigenvalue weighted by Crippen LogP contribution is 2.32. The van der Waals surface area contributed by atoms with E-state index in [1.165, 1.54) is 32.1 Å². The van der Waals surface area contributed by atoms with Crippen molar-refractivity contribution in [2.45, 2.75) is 51.0 Å². The number of ether oxygens (including phenoxy) is 2. The van der Waals surface area contributed by atoms with Crippen LogP contribution in [0.25, 0.3) is 0 Å². The van der Waals surface area contributed by atoms with Crippen molar-refractivity contribution in [3.05, 3.63) is 23.8 Å². The maximum absolute atomic E-state index is 12.9. The lowest BCUT2D eigenvalue weighted by atomic mass is 9.88. The Morgan fingerprint density at radius 2 is 1.74 bits per heavy atom. The van der Waals surface area contributed by atoms with Crippen LogP contribution in [0.1, 0.15) is 55.3 Å². The third kappa shape index (κ3) is 4.82. The first-order chi connectivity index (χ1) is 13.3. The number of benzene rings is 1. The molecule has 5 nitrogen and oxygen atoms in total. The van der Waals surface area contributed by atoms with Crippen LogP contribution in [-0.2, 0) is 0 Å². The molecule has 0 radical (unpaired) electrons. The zero-order valence-electron chi connectivity index (χ0n) is 16.3. The van der Waals surface area contributed by atoms with Crippen molar-refractivity contribution in [1.29, 1.82) is 0 Å². The highest BCUT2D eigenvalue weighted by molar-refractivity contribution is 5.98. The highest BCUT2D eigenvalue weighted by Gasteiger charge is 2.27. The van der Waals surface area contributed by atoms with E-state index in [9.17, 15) is 4.79 Å². The van der Waals surface area contributed by atoms with Gasteiger partial charge in [-0.15, -0.1) is 0 Å². The molecule has 1 saturated heterocycles. The Morgan fingerprint density at radius 1 is 1.00 bits per heavy atom. The molecular formula is C22H32N2O3. The minimum atomic E-state index is 0.134. The lowest BCUT2D eigenvalue weighted by molar-refractivity contribution is 0.0839. The van der Waals surface area contributed by atoms with Crippen LogP contribution in [0.2, 0.25) is 0 Å². The molecule has 3 aliphatic rings. The second-order valence-electron chi connectivity index (χ2n) is 8.13. The van der Waals surface area contributed by atoms with Crippen LogP contribution in [0.3, 0.4) is 0 Å². The van der Waals surface area contributed by atoms with E-state index in [1.807, 2.05) is 18.2 Å². The Bertz CT molecular complexity index is 634. The van der Waals surface area contributed by atoms with E-state index in [0.717, 1.165) is 56.4 Å². The van der Waals surface area contributed by atoms with Crippen molar-refractivity contribution in [3.63, 3.8) is 0 Å². The van der Waals surface area contributed by atoms with E-state index in [-0.39, 0.29) is 11.7 Å². The molecule has 2 fully saturated rings. The van der Waals surface area contributed by atoms with Crippen LogP contribution in [0.4, 0.5) is 0 Å². The number of carbonyl (C=O) groups excluding carboxylic acids is 1. The Kier molecular flexibility index (Phi) is 6.30. The Morgan fingerprint density at radius 3 is 2.52 bits per heavy atom. The van der Waals surface area contributed by atoms with Crippen molar-refractivity contribution in [2.75, 3.05) is 39.4 Å². The number of Topliss-reactive ketones (excluding diaryl/α,β-unsaturated/α-hetero) is 1. The van der Waals surface area contributed by atoms with Gasteiger partial charge < -0.3 is 19.7 Å². The summed E-state index contributed by atoms with van der Waals surface area (Å²) in [6, 6.07) is 6.34. The van der Waals surface area contributed by atoms with Crippen LogP contribution in [0.5, 0.6) is 11.5 Å². The molecule has 1 saturated carbocycles. The first kappa shape index (κ1) is 18.8. The third-order valence-electron chi connectivity index (χ3n) is 6.25. The van der Waals surface area contributed by atoms with Gasteiger partial charge in [0.05, 0.1) is 0 Å². The number of hydrogen-bond donors (Lipinski definition) is 1. The van der Waals surface area contributed by atoms with Gasteiger partial charge >= 0.3 is 0 Å². The fourth-order valence-electron chi connectivity index (χ4n) is 4.58. The smallest absolute Gasteiger partial charge is 0.166 e. The number of nitrogens with zero attached hydrogens (tertiary/aromatic N) is 1. The zero-order chi connectivity index (χ0) is 18.5. The number of carbonyl (C=O) groups is 1. The molecule has 0 unspecified atom stereocenters. The lowest BCUT2D eigenvalue weighted by Gasteiger charge is -2.32. The topological polar surface area (TPSA) is 50.8 Å². The summed E-state index contributed by atoms with van der Waals surface area (Å²) in [6.45, 7) is 5.35. The van der Waals surface area contributed by atoms with Gasteiger partial charge in [0.25, 0.3) is 0 Å². The maximum atomic E-state index is 12.9. The molecule has 0 bridgehead atoms. The van der Waals surface area contributed by atoms with Gasteiger partial charge in [0, 0.05) is 30.6 Å². The SMILES string of the molecule is O=C(c1ccc2c(c1)OCCO2)C1CCN(CCNC2CCCCC2)CC1. The fraction of sp³-hybridized carbons (Fsp3) is 0.682. The van der Waals surface area contributed by atoms with Crippen LogP contribution in [-0.4, -0.2) is 56.1 Å². The first-order valence-corrected chi connectivity index (χ1v) is 10.7. The summed E-state index contributed by atoms with van der Waals surface area (Å²) >= 11 is 0. The molecule has 0 amide bonds. The van der Waals surface area contributed by atoms with Crippen LogP contribution in [0, 0.1) is 5.92 Å². The Hall–Kier alpha value is -1.59. The molecule has 1 aliphatic carbocycles. The Balaban J connectivity index is 1.22. The number of piperidine rings is 1. The van der Waals surface area contributed by atoms with E-state index in [4.69, 9.17) is 9.47 Å². The average molecular weight is 373 g/mol. The van der Waals surface area contributed by atoms with Gasteiger partial charge in [0.15, 0.2) is 17.3 Å². The van der Waals surface area contributed by atoms with Crippen LogP contribution < -0.4 is 14.8 Å². The monoisotopic (exact) mass is 372 g/mol. The van der Waals surface area contributed by atoms with Crippen LogP contribution in [0.15, 0.2) is 18.2 Å². The molecule has 1 aromatic carbocycles. The van der Waals surface area contributed by atoms with Crippen molar-refractivity contribution >= 4 is 5.78 Å². The van der Waals surface area contributed by atoms with Crippen molar-refractivity contribution in [3.8, 4) is 11.5 Å². The van der Waals surface area contributed by atoms with Gasteiger partial charge in [0.1, 0.15) is 13.2 Å². The Labute approximate surface area is 162 Å². The zero-order valence-corrected chi connectivity index (χ0v) is 16.3. The molecule has 2 heterocycles. The van der Waals surface area contributed by atoms with E-state index in [1.54, 1.807) is 0 Å². The molecule has 2 aliphatic heterocycles. The van der Waals surface area contributed by atoms with E-state index in [2.05, 4.69) is 10.2 Å². The van der Waals surface area contributed by atoms with Crippen molar-refractivity contribution in [1.82, 2.24) is 10.2 Å². The number of hydrogen-bond acceptors (Lipinski definition) is 5. The summed E-state index contributed by atoms with van der Waals surface area (Å²) in [5.74, 6) is 1.85. The number of ketones is 1. The van der Waals surface area contributed by atoms with Gasteiger partial charge in [-0.25, -0.2) is 0 Å². The van der Waals surface area contributed by atoms with Crippen molar-refractivity contribution in [2.24, 2.45) is 5.92 Å². The second kappa shape index (κ2) is 9.07. The van der Waals surface area contributed by atoms with Gasteiger partial charge in [-0.3, -0.25) is 4.79 Å². The summed E-state index contributed by atoms with van der Waals surface area (Å²) in [5.41, 5.74) is 0.761. The van der Waals surface area contributed by atoms with E-state index < -0.39 is 0 Å². The summed E-state index contributed by atoms with van der Waals surface area (Å²) in [5, 5.41) is 3.72. The summed E-state index contributed by atoms with van der Waals surface area (Å²) in [6.07, 6.45) is 8.75. The minimum absolute atomic E-state index is 0.134. The highest BCUT2D eigenvalue weighted by atomic mass is 16.6. The van der Waals surface area contributed by atoms with E-state index >= 15 is 0 Å². The third-order valence-corrected chi connectivity index (χ3v) is 6.25. The molecule has 148 valence electrons. The van der Waals surface area contributed by atoms with Crippen LogP contribution >= 0.6 is 0 Å². The van der Waals surface area contributed by atoms with Crippen molar-refractivity contribution < 1.29 is 14.3 Å². The quantitative estimate of drug-likeness (QED) is 0.777. The van der Waals surface area contributed by atoms with Gasteiger partial charge in [-0.05, 0) is 57.0 Å². The molecule has 0 spiro atoms. The van der Waals surface area contributed by atoms with Gasteiger partial charge in [-0.1, -0.05) is 19.3 Å². The molecule has 27 heavy (non-hydrogen) atoms. The number of rotatable bonds is 6. The predicted molar refractivity (Wildman–Crippen MR) is 106 cm³/mol. The normalized spacial score (nSPS) is 21.9. The first-order valence-electron chi connectivity index (χ1n) is 10.7. The summed E-state index contributed by atoms with van der Waals surface area (Å²) in [7, 11) is 0. The molecule has 4 rings (SSSR count). The second-order valence-corrected chi connectivity index (χ2v) is 8.13. The molecule has 0 atom stereocenters. The van der Waals surface area contributed by atoms with E-state index in [0.29, 0.717) is 19.0 Å². The molecule has 5 heteroatoms. The molecule has 0 aromatic heterocycles. The van der Waals surface area contributed by atoms with Gasteiger partial charge in [-0.2, -0.15) is 0 Å². The number of likely N-dealkylation sites (tertiary alicyclic amines) is 1. The summed E-state index contributed by atoms with van der Waals surface area (Å²) in [4.78, 5) is 15.4. The fourth-order valence-corrected chi connectivity index (χ4v) is 4.58. The maximum Gasteiger partial charge on any atom is 0.166 e. The summed E-state index contributed by atoms with van der Waals surface area (Å²) < 4.78 is 11.2. The largest absolute Gasteiger partial charge is 0.486 e. The predicted octanol–water partition coefficient (Wildman–Crippen LogP) is 3.27.